The van der Waals surface area contributed by atoms with Crippen LogP contribution in [0.1, 0.15) is 43.7 Å². The van der Waals surface area contributed by atoms with Crippen molar-refractivity contribution in [1.82, 2.24) is 14.1 Å². The minimum atomic E-state index is -3.50. The van der Waals surface area contributed by atoms with Crippen molar-refractivity contribution in [2.75, 3.05) is 39.3 Å². The van der Waals surface area contributed by atoms with Crippen molar-refractivity contribution in [2.24, 2.45) is 0 Å². The fraction of sp³-hybridized carbons (Fsp3) is 0.667. The fourth-order valence-corrected chi connectivity index (χ4v) is 5.90. The molecule has 0 N–H and O–H groups in total. The van der Waals surface area contributed by atoms with Gasteiger partial charge in [0.25, 0.3) is 0 Å². The van der Waals surface area contributed by atoms with E-state index in [1.807, 2.05) is 37.8 Å². The second-order valence-electron chi connectivity index (χ2n) is 8.12. The SMILES string of the molecule is Cc1ccc(C)c(S(=O)(=O)N2CCN([C@H](C)C(=O)N3CCCCCC3)CC2)c1. The standard InChI is InChI=1S/C21H33N3O3S/c1-17-8-9-18(2)20(16-17)28(26,27)24-14-12-22(13-15-24)19(3)21(25)23-10-6-4-5-7-11-23/h8-9,16,19H,4-7,10-15H2,1-3H3/t19-/m1/s1. The number of likely N-dealkylation sites (tertiary alicyclic amines) is 1. The number of nitrogens with zero attached hydrogens (tertiary/aromatic N) is 3. The van der Waals surface area contributed by atoms with Crippen molar-refractivity contribution in [2.45, 2.75) is 57.4 Å². The zero-order chi connectivity index (χ0) is 20.3. The van der Waals surface area contributed by atoms with Crippen LogP contribution in [0, 0.1) is 13.8 Å². The van der Waals surface area contributed by atoms with Gasteiger partial charge in [0.1, 0.15) is 0 Å². The summed E-state index contributed by atoms with van der Waals surface area (Å²) >= 11 is 0. The van der Waals surface area contributed by atoms with Crippen molar-refractivity contribution in [3.05, 3.63) is 29.3 Å². The largest absolute Gasteiger partial charge is 0.341 e. The van der Waals surface area contributed by atoms with Crippen LogP contribution in [-0.2, 0) is 14.8 Å². The van der Waals surface area contributed by atoms with E-state index in [9.17, 15) is 13.2 Å². The van der Waals surface area contributed by atoms with Gasteiger partial charge in [-0.05, 0) is 50.8 Å². The molecule has 2 aliphatic rings. The van der Waals surface area contributed by atoms with Crippen LogP contribution in [-0.4, -0.2) is 73.7 Å². The lowest BCUT2D eigenvalue weighted by Crippen LogP contribution is -2.55. The van der Waals surface area contributed by atoms with E-state index in [1.165, 1.54) is 12.8 Å². The summed E-state index contributed by atoms with van der Waals surface area (Å²) in [5.74, 6) is 0.188. The van der Waals surface area contributed by atoms with Crippen LogP contribution in [0.2, 0.25) is 0 Å². The molecule has 7 heteroatoms. The predicted octanol–water partition coefficient (Wildman–Crippen LogP) is 2.40. The van der Waals surface area contributed by atoms with Crippen LogP contribution < -0.4 is 0 Å². The average molecular weight is 408 g/mol. The number of hydrogen-bond acceptors (Lipinski definition) is 4. The van der Waals surface area contributed by atoms with Gasteiger partial charge >= 0.3 is 0 Å². The molecule has 0 spiro atoms. The molecule has 156 valence electrons. The third-order valence-corrected chi connectivity index (χ3v) is 8.10. The zero-order valence-corrected chi connectivity index (χ0v) is 18.2. The molecular formula is C21H33N3O3S. The zero-order valence-electron chi connectivity index (χ0n) is 17.4. The van der Waals surface area contributed by atoms with Crippen molar-refractivity contribution in [3.8, 4) is 0 Å². The number of benzene rings is 1. The molecule has 2 heterocycles. The van der Waals surface area contributed by atoms with Crippen molar-refractivity contribution < 1.29 is 13.2 Å². The van der Waals surface area contributed by atoms with E-state index in [-0.39, 0.29) is 11.9 Å². The first-order chi connectivity index (χ1) is 13.3. The number of rotatable bonds is 4. The lowest BCUT2D eigenvalue weighted by atomic mass is 10.2. The van der Waals surface area contributed by atoms with E-state index in [4.69, 9.17) is 0 Å². The van der Waals surface area contributed by atoms with Gasteiger partial charge in [0.05, 0.1) is 10.9 Å². The predicted molar refractivity (Wildman–Crippen MR) is 111 cm³/mol. The molecule has 1 amide bonds. The summed E-state index contributed by atoms with van der Waals surface area (Å²) in [6, 6.07) is 5.36. The Morgan fingerprint density at radius 3 is 2.14 bits per heavy atom. The number of carbonyl (C=O) groups excluding carboxylic acids is 1. The summed E-state index contributed by atoms with van der Waals surface area (Å²) in [5.41, 5.74) is 1.72. The van der Waals surface area contributed by atoms with Crippen LogP contribution >= 0.6 is 0 Å². The van der Waals surface area contributed by atoms with Gasteiger partial charge in [-0.25, -0.2) is 8.42 Å². The van der Waals surface area contributed by atoms with Gasteiger partial charge in [-0.3, -0.25) is 9.69 Å². The molecule has 0 radical (unpaired) electrons. The second kappa shape index (κ2) is 8.93. The van der Waals surface area contributed by atoms with Crippen molar-refractivity contribution >= 4 is 15.9 Å². The monoisotopic (exact) mass is 407 g/mol. The Morgan fingerprint density at radius 1 is 0.929 bits per heavy atom. The van der Waals surface area contributed by atoms with E-state index >= 15 is 0 Å². The molecule has 3 rings (SSSR count). The van der Waals surface area contributed by atoms with Crippen LogP contribution in [0.25, 0.3) is 0 Å². The van der Waals surface area contributed by atoms with Gasteiger partial charge in [0.15, 0.2) is 0 Å². The van der Waals surface area contributed by atoms with E-state index in [0.717, 1.165) is 37.1 Å². The summed E-state index contributed by atoms with van der Waals surface area (Å²) in [7, 11) is -3.50. The molecule has 1 aromatic carbocycles. The van der Waals surface area contributed by atoms with E-state index in [2.05, 4.69) is 4.90 Å². The average Bonchev–Trinajstić information content (AvgIpc) is 2.98. The molecule has 6 nitrogen and oxygen atoms in total. The Labute approximate surface area is 169 Å². The Balaban J connectivity index is 1.63. The van der Waals surface area contributed by atoms with Gasteiger partial charge in [0.2, 0.25) is 15.9 Å². The van der Waals surface area contributed by atoms with E-state index in [1.54, 1.807) is 10.4 Å². The highest BCUT2D eigenvalue weighted by Gasteiger charge is 2.33. The van der Waals surface area contributed by atoms with E-state index in [0.29, 0.717) is 31.1 Å². The highest BCUT2D eigenvalue weighted by Crippen LogP contribution is 2.23. The number of aryl methyl sites for hydroxylation is 2. The molecule has 0 unspecified atom stereocenters. The molecule has 0 bridgehead atoms. The van der Waals surface area contributed by atoms with Crippen LogP contribution in [0.15, 0.2) is 23.1 Å². The number of hydrogen-bond donors (Lipinski definition) is 0. The smallest absolute Gasteiger partial charge is 0.243 e. The Hall–Kier alpha value is -1.44. The summed E-state index contributed by atoms with van der Waals surface area (Å²) in [6.07, 6.45) is 4.57. The molecule has 2 aliphatic heterocycles. The molecular weight excluding hydrogens is 374 g/mol. The van der Waals surface area contributed by atoms with E-state index < -0.39 is 10.0 Å². The highest BCUT2D eigenvalue weighted by molar-refractivity contribution is 7.89. The van der Waals surface area contributed by atoms with Gasteiger partial charge < -0.3 is 4.90 Å². The highest BCUT2D eigenvalue weighted by atomic mass is 32.2. The van der Waals surface area contributed by atoms with Crippen LogP contribution in [0.5, 0.6) is 0 Å². The molecule has 2 saturated heterocycles. The molecule has 1 atom stereocenters. The first kappa shape index (κ1) is 21.3. The van der Waals surface area contributed by atoms with Gasteiger partial charge in [-0.1, -0.05) is 25.0 Å². The second-order valence-corrected chi connectivity index (χ2v) is 10.0. The first-order valence-corrected chi connectivity index (χ1v) is 11.8. The molecule has 0 saturated carbocycles. The first-order valence-electron chi connectivity index (χ1n) is 10.4. The number of piperazine rings is 1. The minimum Gasteiger partial charge on any atom is -0.341 e. The Bertz CT molecular complexity index is 793. The Kier molecular flexibility index (Phi) is 6.78. The maximum atomic E-state index is 13.1. The van der Waals surface area contributed by atoms with Crippen LogP contribution in [0.3, 0.4) is 0 Å². The van der Waals surface area contributed by atoms with Crippen molar-refractivity contribution in [1.29, 1.82) is 0 Å². The molecule has 2 fully saturated rings. The molecule has 0 aliphatic carbocycles. The summed E-state index contributed by atoms with van der Waals surface area (Å²) in [5, 5.41) is 0. The van der Waals surface area contributed by atoms with Gasteiger partial charge in [-0.2, -0.15) is 4.31 Å². The molecule has 1 aromatic rings. The summed E-state index contributed by atoms with van der Waals surface area (Å²) in [6.45, 7) is 9.43. The lowest BCUT2D eigenvalue weighted by molar-refractivity contribution is -0.136. The van der Waals surface area contributed by atoms with Gasteiger partial charge in [0, 0.05) is 39.3 Å². The number of sulfonamides is 1. The number of carbonyl (C=O) groups is 1. The topological polar surface area (TPSA) is 60.9 Å². The normalized spacial score (nSPS) is 21.3. The third-order valence-electron chi connectivity index (χ3n) is 6.06. The fourth-order valence-electron chi connectivity index (χ4n) is 4.17. The Morgan fingerprint density at radius 2 is 1.54 bits per heavy atom. The molecule has 0 aromatic heterocycles. The third kappa shape index (κ3) is 4.58. The number of amides is 1. The summed E-state index contributed by atoms with van der Waals surface area (Å²) in [4.78, 5) is 17.4. The quantitative estimate of drug-likeness (QED) is 0.769. The van der Waals surface area contributed by atoms with Gasteiger partial charge in [-0.15, -0.1) is 0 Å². The lowest BCUT2D eigenvalue weighted by Gasteiger charge is -2.38. The maximum Gasteiger partial charge on any atom is 0.243 e. The summed E-state index contributed by atoms with van der Waals surface area (Å²) < 4.78 is 27.7. The molecule has 28 heavy (non-hydrogen) atoms. The van der Waals surface area contributed by atoms with Crippen LogP contribution in [0.4, 0.5) is 0 Å². The maximum absolute atomic E-state index is 13.1. The minimum absolute atomic E-state index is 0.188. The van der Waals surface area contributed by atoms with Crippen molar-refractivity contribution in [3.63, 3.8) is 0 Å².